The van der Waals surface area contributed by atoms with Gasteiger partial charge in [0.05, 0.1) is 19.6 Å². The van der Waals surface area contributed by atoms with Crippen LogP contribution in [0.1, 0.15) is 41.8 Å². The molecule has 1 unspecified atom stereocenters. The fourth-order valence-electron chi connectivity index (χ4n) is 2.22. The molecule has 0 saturated heterocycles. The summed E-state index contributed by atoms with van der Waals surface area (Å²) in [6.45, 7) is 4.36. The average molecular weight is 305 g/mol. The number of rotatable bonds is 5. The Morgan fingerprint density at radius 3 is 1.67 bits per heavy atom. The Bertz CT molecular complexity index is 568. The lowest BCUT2D eigenvalue weighted by atomic mass is 9.98. The van der Waals surface area contributed by atoms with Gasteiger partial charge in [-0.2, -0.15) is 0 Å². The van der Waals surface area contributed by atoms with E-state index in [9.17, 15) is 0 Å². The van der Waals surface area contributed by atoms with Crippen molar-refractivity contribution in [2.24, 2.45) is 0 Å². The minimum Gasteiger partial charge on any atom is -0.497 e. The van der Waals surface area contributed by atoms with Crippen molar-refractivity contribution in [2.45, 2.75) is 25.1 Å². The minimum atomic E-state index is -0.227. The first-order valence-corrected chi connectivity index (χ1v) is 7.45. The SMILES string of the molecule is COc1cc(OC)cc(C(Cl)c2ccc(C(C)C)cc2)c1. The molecule has 0 aliphatic rings. The third-order valence-electron chi connectivity index (χ3n) is 3.56. The molecule has 1 atom stereocenters. The van der Waals surface area contributed by atoms with Gasteiger partial charge in [0, 0.05) is 6.07 Å². The molecule has 0 aliphatic carbocycles. The molecule has 0 heterocycles. The van der Waals surface area contributed by atoms with Gasteiger partial charge in [0.2, 0.25) is 0 Å². The lowest BCUT2D eigenvalue weighted by Gasteiger charge is -2.14. The van der Waals surface area contributed by atoms with Crippen molar-refractivity contribution >= 4 is 11.6 Å². The van der Waals surface area contributed by atoms with E-state index in [-0.39, 0.29) is 5.38 Å². The zero-order valence-electron chi connectivity index (χ0n) is 12.9. The number of ether oxygens (including phenoxy) is 2. The van der Waals surface area contributed by atoms with E-state index in [1.54, 1.807) is 14.2 Å². The molecular weight excluding hydrogens is 284 g/mol. The van der Waals surface area contributed by atoms with Crippen molar-refractivity contribution in [1.29, 1.82) is 0 Å². The highest BCUT2D eigenvalue weighted by Gasteiger charge is 2.14. The monoisotopic (exact) mass is 304 g/mol. The average Bonchev–Trinajstić information content (AvgIpc) is 2.53. The molecule has 2 aromatic carbocycles. The fraction of sp³-hybridized carbons (Fsp3) is 0.333. The van der Waals surface area contributed by atoms with Crippen LogP contribution >= 0.6 is 11.6 Å². The Labute approximate surface area is 131 Å². The minimum absolute atomic E-state index is 0.227. The Balaban J connectivity index is 2.32. The molecule has 3 heteroatoms. The molecule has 2 rings (SSSR count). The molecule has 112 valence electrons. The summed E-state index contributed by atoms with van der Waals surface area (Å²) in [6, 6.07) is 14.2. The van der Waals surface area contributed by atoms with Crippen molar-refractivity contribution < 1.29 is 9.47 Å². The predicted octanol–water partition coefficient (Wildman–Crippen LogP) is 5.16. The van der Waals surface area contributed by atoms with Crippen LogP contribution in [0.25, 0.3) is 0 Å². The topological polar surface area (TPSA) is 18.5 Å². The van der Waals surface area contributed by atoms with Crippen LogP contribution in [-0.2, 0) is 0 Å². The van der Waals surface area contributed by atoms with Crippen LogP contribution in [0.15, 0.2) is 42.5 Å². The summed E-state index contributed by atoms with van der Waals surface area (Å²) < 4.78 is 10.6. The number of halogens is 1. The van der Waals surface area contributed by atoms with Crippen molar-refractivity contribution in [2.75, 3.05) is 14.2 Å². The molecule has 21 heavy (non-hydrogen) atoms. The Morgan fingerprint density at radius 2 is 1.24 bits per heavy atom. The van der Waals surface area contributed by atoms with Gasteiger partial charge in [-0.25, -0.2) is 0 Å². The third-order valence-corrected chi connectivity index (χ3v) is 4.07. The number of benzene rings is 2. The van der Waals surface area contributed by atoms with E-state index >= 15 is 0 Å². The molecule has 0 fully saturated rings. The molecule has 2 aromatic rings. The third kappa shape index (κ3) is 3.70. The highest BCUT2D eigenvalue weighted by molar-refractivity contribution is 6.22. The van der Waals surface area contributed by atoms with Gasteiger partial charge >= 0.3 is 0 Å². The number of hydrogen-bond acceptors (Lipinski definition) is 2. The summed E-state index contributed by atoms with van der Waals surface area (Å²) in [5.74, 6) is 2.01. The van der Waals surface area contributed by atoms with E-state index in [1.807, 2.05) is 18.2 Å². The Morgan fingerprint density at radius 1 is 0.762 bits per heavy atom. The van der Waals surface area contributed by atoms with Crippen LogP contribution in [0, 0.1) is 0 Å². The van der Waals surface area contributed by atoms with Gasteiger partial charge in [-0.05, 0) is 34.7 Å². The van der Waals surface area contributed by atoms with E-state index in [0.29, 0.717) is 5.92 Å². The van der Waals surface area contributed by atoms with Gasteiger partial charge in [-0.1, -0.05) is 38.1 Å². The number of alkyl halides is 1. The van der Waals surface area contributed by atoms with Crippen LogP contribution in [-0.4, -0.2) is 14.2 Å². The first-order valence-electron chi connectivity index (χ1n) is 7.02. The largest absolute Gasteiger partial charge is 0.497 e. The number of methoxy groups -OCH3 is 2. The Kier molecular flexibility index (Phi) is 5.13. The summed E-state index contributed by atoms with van der Waals surface area (Å²) in [4.78, 5) is 0. The quantitative estimate of drug-likeness (QED) is 0.711. The van der Waals surface area contributed by atoms with E-state index in [0.717, 1.165) is 22.6 Å². The Hall–Kier alpha value is -1.67. The zero-order valence-corrected chi connectivity index (χ0v) is 13.6. The maximum Gasteiger partial charge on any atom is 0.122 e. The number of hydrogen-bond donors (Lipinski definition) is 0. The lowest BCUT2D eigenvalue weighted by molar-refractivity contribution is 0.393. The molecular formula is C18H21ClO2. The maximum atomic E-state index is 6.61. The first-order chi connectivity index (χ1) is 10.0. The smallest absolute Gasteiger partial charge is 0.122 e. The van der Waals surface area contributed by atoms with Gasteiger partial charge in [0.25, 0.3) is 0 Å². The van der Waals surface area contributed by atoms with Gasteiger partial charge in [-0.3, -0.25) is 0 Å². The van der Waals surface area contributed by atoms with Crippen molar-refractivity contribution in [3.8, 4) is 11.5 Å². The van der Waals surface area contributed by atoms with Gasteiger partial charge in [0.15, 0.2) is 0 Å². The van der Waals surface area contributed by atoms with Gasteiger partial charge in [0.1, 0.15) is 11.5 Å². The highest BCUT2D eigenvalue weighted by Crippen LogP contribution is 2.34. The van der Waals surface area contributed by atoms with Crippen LogP contribution < -0.4 is 9.47 Å². The summed E-state index contributed by atoms with van der Waals surface area (Å²) >= 11 is 6.61. The molecule has 0 aromatic heterocycles. The summed E-state index contributed by atoms with van der Waals surface area (Å²) in [5.41, 5.74) is 3.34. The van der Waals surface area contributed by atoms with Crippen LogP contribution in [0.2, 0.25) is 0 Å². The van der Waals surface area contributed by atoms with E-state index in [4.69, 9.17) is 21.1 Å². The molecule has 0 radical (unpaired) electrons. The second kappa shape index (κ2) is 6.86. The van der Waals surface area contributed by atoms with Gasteiger partial charge < -0.3 is 9.47 Å². The zero-order chi connectivity index (χ0) is 15.4. The maximum absolute atomic E-state index is 6.61. The second-order valence-corrected chi connectivity index (χ2v) is 5.77. The fourth-order valence-corrected chi connectivity index (χ4v) is 2.49. The highest BCUT2D eigenvalue weighted by atomic mass is 35.5. The van der Waals surface area contributed by atoms with Crippen molar-refractivity contribution in [1.82, 2.24) is 0 Å². The van der Waals surface area contributed by atoms with Crippen LogP contribution in [0.3, 0.4) is 0 Å². The van der Waals surface area contributed by atoms with Gasteiger partial charge in [-0.15, -0.1) is 11.6 Å². The molecule has 0 bridgehead atoms. The van der Waals surface area contributed by atoms with E-state index in [1.165, 1.54) is 5.56 Å². The molecule has 2 nitrogen and oxygen atoms in total. The van der Waals surface area contributed by atoms with Crippen LogP contribution in [0.5, 0.6) is 11.5 Å². The second-order valence-electron chi connectivity index (χ2n) is 5.33. The van der Waals surface area contributed by atoms with Crippen molar-refractivity contribution in [3.63, 3.8) is 0 Å². The van der Waals surface area contributed by atoms with Crippen molar-refractivity contribution in [3.05, 3.63) is 59.2 Å². The molecule has 0 aliphatic heterocycles. The normalized spacial score (nSPS) is 12.3. The van der Waals surface area contributed by atoms with E-state index < -0.39 is 0 Å². The standard InChI is InChI=1S/C18H21ClO2/c1-12(2)13-5-7-14(8-6-13)18(19)15-9-16(20-3)11-17(10-15)21-4/h5-12,18H,1-4H3. The van der Waals surface area contributed by atoms with Crippen LogP contribution in [0.4, 0.5) is 0 Å². The molecule has 0 spiro atoms. The first kappa shape index (κ1) is 15.7. The molecule has 0 amide bonds. The predicted molar refractivity (Wildman–Crippen MR) is 87.8 cm³/mol. The summed E-state index contributed by atoms with van der Waals surface area (Å²) in [5, 5.41) is -0.227. The lowest BCUT2D eigenvalue weighted by Crippen LogP contribution is -1.97. The summed E-state index contributed by atoms with van der Waals surface area (Å²) in [7, 11) is 3.28. The molecule has 0 N–H and O–H groups in total. The van der Waals surface area contributed by atoms with E-state index in [2.05, 4.69) is 38.1 Å². The summed E-state index contributed by atoms with van der Waals surface area (Å²) in [6.07, 6.45) is 0. The molecule has 0 saturated carbocycles.